The van der Waals surface area contributed by atoms with Crippen molar-refractivity contribution in [3.8, 4) is 0 Å². The summed E-state index contributed by atoms with van der Waals surface area (Å²) in [4.78, 5) is 38.9. The van der Waals surface area contributed by atoms with Crippen molar-refractivity contribution in [2.75, 3.05) is 6.61 Å². The molecule has 1 aliphatic heterocycles. The van der Waals surface area contributed by atoms with Gasteiger partial charge in [0.05, 0.1) is 6.61 Å². The summed E-state index contributed by atoms with van der Waals surface area (Å²) in [5.41, 5.74) is 0. The Hall–Kier alpha value is -1.59. The van der Waals surface area contributed by atoms with Crippen LogP contribution in [0.3, 0.4) is 0 Å². The van der Waals surface area contributed by atoms with Crippen molar-refractivity contribution in [2.24, 2.45) is 17.8 Å². The van der Waals surface area contributed by atoms with Gasteiger partial charge in [-0.2, -0.15) is 0 Å². The van der Waals surface area contributed by atoms with Crippen molar-refractivity contribution >= 4 is 18.0 Å². The van der Waals surface area contributed by atoms with E-state index >= 15 is 0 Å². The van der Waals surface area contributed by atoms with Gasteiger partial charge in [0, 0.05) is 12.8 Å². The van der Waals surface area contributed by atoms with Crippen molar-refractivity contribution < 1.29 is 24.0 Å². The molecule has 2 aliphatic rings. The molecule has 0 radical (unpaired) electrons. The quantitative estimate of drug-likeness (QED) is 0.533. The fourth-order valence-corrected chi connectivity index (χ4v) is 3.22. The number of amides is 2. The lowest BCUT2D eigenvalue weighted by molar-refractivity contribution is -0.177. The fraction of sp³-hybridized carbons (Fsp3) is 0.800. The number of carbonyl (C=O) groups excluding carboxylic acids is 3. The summed E-state index contributed by atoms with van der Waals surface area (Å²) < 4.78 is 5.07. The predicted molar refractivity (Wildman–Crippen MR) is 73.8 cm³/mol. The number of hydroxylamine groups is 2. The maximum Gasteiger partial charge on any atom is 0.533 e. The zero-order valence-electron chi connectivity index (χ0n) is 12.7. The van der Waals surface area contributed by atoms with E-state index in [9.17, 15) is 14.4 Å². The van der Waals surface area contributed by atoms with Crippen LogP contribution in [0.2, 0.25) is 0 Å². The van der Waals surface area contributed by atoms with Crippen molar-refractivity contribution in [1.29, 1.82) is 0 Å². The lowest BCUT2D eigenvalue weighted by atomic mass is 10.1. The van der Waals surface area contributed by atoms with Crippen molar-refractivity contribution in [3.63, 3.8) is 0 Å². The first-order valence-corrected chi connectivity index (χ1v) is 7.79. The minimum absolute atomic E-state index is 0.0892. The molecule has 6 heteroatoms. The van der Waals surface area contributed by atoms with Crippen LogP contribution in [-0.4, -0.2) is 29.6 Å². The highest BCUT2D eigenvalue weighted by Gasteiger charge is 2.48. The smallest absolute Gasteiger partial charge is 0.432 e. The molecule has 1 aliphatic carbocycles. The van der Waals surface area contributed by atoms with E-state index in [4.69, 9.17) is 4.74 Å². The molecule has 1 saturated heterocycles. The minimum Gasteiger partial charge on any atom is -0.432 e. The van der Waals surface area contributed by atoms with E-state index in [1.165, 1.54) is 0 Å². The summed E-state index contributed by atoms with van der Waals surface area (Å²) in [6.45, 7) is 4.61. The molecular weight excluding hydrogens is 274 g/mol. The summed E-state index contributed by atoms with van der Waals surface area (Å²) >= 11 is 0. The van der Waals surface area contributed by atoms with Crippen LogP contribution in [0.15, 0.2) is 0 Å². The summed E-state index contributed by atoms with van der Waals surface area (Å²) in [6, 6.07) is 0. The zero-order chi connectivity index (χ0) is 15.4. The second kappa shape index (κ2) is 6.91. The Morgan fingerprint density at radius 3 is 2.05 bits per heavy atom. The molecule has 2 fully saturated rings. The molecule has 1 saturated carbocycles. The van der Waals surface area contributed by atoms with E-state index in [2.05, 4.69) is 18.7 Å². The molecule has 118 valence electrons. The average molecular weight is 297 g/mol. The Kier molecular flexibility index (Phi) is 5.20. The van der Waals surface area contributed by atoms with Crippen LogP contribution in [0.1, 0.15) is 52.4 Å². The summed E-state index contributed by atoms with van der Waals surface area (Å²) in [5, 5.41) is 0.516. The number of hydrogen-bond donors (Lipinski definition) is 0. The number of hydrogen-bond acceptors (Lipinski definition) is 5. The first-order chi connectivity index (χ1) is 10.1. The van der Waals surface area contributed by atoms with Crippen molar-refractivity contribution in [1.82, 2.24) is 5.06 Å². The van der Waals surface area contributed by atoms with E-state index in [-0.39, 0.29) is 12.8 Å². The van der Waals surface area contributed by atoms with Crippen LogP contribution in [0, 0.1) is 17.8 Å². The third-order valence-corrected chi connectivity index (χ3v) is 4.32. The molecule has 2 rings (SSSR count). The van der Waals surface area contributed by atoms with E-state index < -0.39 is 18.0 Å². The Balaban J connectivity index is 1.74. The van der Waals surface area contributed by atoms with Crippen molar-refractivity contribution in [3.05, 3.63) is 0 Å². The molecule has 0 N–H and O–H groups in total. The van der Waals surface area contributed by atoms with E-state index in [0.29, 0.717) is 29.4 Å². The van der Waals surface area contributed by atoms with Gasteiger partial charge in [0.25, 0.3) is 11.8 Å². The van der Waals surface area contributed by atoms with Gasteiger partial charge in [0.15, 0.2) is 0 Å². The third kappa shape index (κ3) is 3.74. The molecule has 6 nitrogen and oxygen atoms in total. The Morgan fingerprint density at radius 2 is 1.57 bits per heavy atom. The Labute approximate surface area is 124 Å². The van der Waals surface area contributed by atoms with Crippen LogP contribution in [0.25, 0.3) is 0 Å². The lowest BCUT2D eigenvalue weighted by Gasteiger charge is -2.12. The first kappa shape index (κ1) is 15.8. The lowest BCUT2D eigenvalue weighted by Crippen LogP contribution is -2.32. The topological polar surface area (TPSA) is 72.9 Å². The number of ether oxygens (including phenoxy) is 1. The highest BCUT2D eigenvalue weighted by molar-refractivity contribution is 6.01. The van der Waals surface area contributed by atoms with Crippen LogP contribution in [0.5, 0.6) is 0 Å². The number of rotatable bonds is 7. The summed E-state index contributed by atoms with van der Waals surface area (Å²) in [7, 11) is 0. The zero-order valence-corrected chi connectivity index (χ0v) is 12.7. The number of nitrogens with zero attached hydrogens (tertiary/aromatic N) is 1. The van der Waals surface area contributed by atoms with Crippen LogP contribution >= 0.6 is 0 Å². The highest BCUT2D eigenvalue weighted by Crippen LogP contribution is 2.52. The van der Waals surface area contributed by atoms with Gasteiger partial charge in [-0.15, -0.1) is 0 Å². The van der Waals surface area contributed by atoms with Gasteiger partial charge >= 0.3 is 6.16 Å². The largest absolute Gasteiger partial charge is 0.533 e. The van der Waals surface area contributed by atoms with Crippen LogP contribution in [-0.2, 0) is 19.2 Å². The van der Waals surface area contributed by atoms with Crippen molar-refractivity contribution in [2.45, 2.75) is 52.4 Å². The average Bonchev–Trinajstić information content (AvgIpc) is 3.01. The Morgan fingerprint density at radius 1 is 1.05 bits per heavy atom. The first-order valence-electron chi connectivity index (χ1n) is 7.79. The molecule has 0 aromatic carbocycles. The van der Waals surface area contributed by atoms with E-state index in [0.717, 1.165) is 25.7 Å². The maximum absolute atomic E-state index is 11.6. The van der Waals surface area contributed by atoms with E-state index in [1.807, 2.05) is 0 Å². The number of carbonyl (C=O) groups is 3. The maximum atomic E-state index is 11.6. The number of imide groups is 1. The normalized spacial score (nSPS) is 27.9. The van der Waals surface area contributed by atoms with Gasteiger partial charge in [-0.1, -0.05) is 44.6 Å². The molecule has 1 heterocycles. The molecule has 0 aromatic rings. The molecular formula is C15H23NO5. The summed E-state index contributed by atoms with van der Waals surface area (Å²) in [5.74, 6) is 0.658. The molecule has 2 unspecified atom stereocenters. The van der Waals surface area contributed by atoms with Gasteiger partial charge < -0.3 is 4.74 Å². The van der Waals surface area contributed by atoms with Gasteiger partial charge in [-0.05, 0) is 17.8 Å². The van der Waals surface area contributed by atoms with E-state index in [1.54, 1.807) is 0 Å². The van der Waals surface area contributed by atoms with Gasteiger partial charge in [0.2, 0.25) is 0 Å². The molecule has 0 bridgehead atoms. The molecule has 2 amide bonds. The molecule has 0 aromatic heterocycles. The van der Waals surface area contributed by atoms with Gasteiger partial charge in [0.1, 0.15) is 0 Å². The molecule has 2 atom stereocenters. The predicted octanol–water partition coefficient (Wildman–Crippen LogP) is 2.67. The van der Waals surface area contributed by atoms with Gasteiger partial charge in [-0.3, -0.25) is 14.4 Å². The third-order valence-electron chi connectivity index (χ3n) is 4.32. The Bertz CT molecular complexity index is 394. The molecule has 0 spiro atoms. The second-order valence-electron chi connectivity index (χ2n) is 5.80. The van der Waals surface area contributed by atoms with Crippen LogP contribution < -0.4 is 0 Å². The highest BCUT2D eigenvalue weighted by atomic mass is 16.8. The SMILES string of the molecule is CCCC1C(CCC)C1COC(=O)ON1C(=O)CCC1=O. The standard InChI is InChI=1S/C15H23NO5/c1-3-5-10-11(6-4-2)12(10)9-20-15(19)21-16-13(17)7-8-14(16)18/h10-12H,3-9H2,1-2H3. The second-order valence-corrected chi connectivity index (χ2v) is 5.80. The van der Waals surface area contributed by atoms with Crippen LogP contribution in [0.4, 0.5) is 4.79 Å². The van der Waals surface area contributed by atoms with Gasteiger partial charge in [-0.25, -0.2) is 4.79 Å². The fourth-order valence-electron chi connectivity index (χ4n) is 3.22. The minimum atomic E-state index is -0.962. The monoisotopic (exact) mass is 297 g/mol. The summed E-state index contributed by atoms with van der Waals surface area (Å²) in [6.07, 6.45) is 3.77. The molecule has 21 heavy (non-hydrogen) atoms.